The highest BCUT2D eigenvalue weighted by Gasteiger charge is 2.33. The van der Waals surface area contributed by atoms with E-state index in [2.05, 4.69) is 16.7 Å². The quantitative estimate of drug-likeness (QED) is 0.687. The zero-order valence-electron chi connectivity index (χ0n) is 17.4. The zero-order valence-corrected chi connectivity index (χ0v) is 18.1. The van der Waals surface area contributed by atoms with Crippen molar-refractivity contribution in [3.63, 3.8) is 0 Å². The maximum atomic E-state index is 12.2. The Hall–Kier alpha value is -3.57. The van der Waals surface area contributed by atoms with Crippen molar-refractivity contribution in [2.75, 3.05) is 23.3 Å². The number of rotatable bonds is 4. The first kappa shape index (κ1) is 21.7. The molecule has 2 aliphatic heterocycles. The van der Waals surface area contributed by atoms with Gasteiger partial charge in [0, 0.05) is 22.8 Å². The predicted molar refractivity (Wildman–Crippen MR) is 119 cm³/mol. The van der Waals surface area contributed by atoms with Crippen LogP contribution in [-0.2, 0) is 14.3 Å². The lowest BCUT2D eigenvalue weighted by molar-refractivity contribution is -0.134. The maximum Gasteiger partial charge on any atom is 0.412 e. The summed E-state index contributed by atoms with van der Waals surface area (Å²) in [6.07, 6.45) is -0.193. The Bertz CT molecular complexity index is 1140. The van der Waals surface area contributed by atoms with Crippen LogP contribution >= 0.6 is 11.6 Å². The van der Waals surface area contributed by atoms with E-state index < -0.39 is 12.0 Å². The summed E-state index contributed by atoms with van der Waals surface area (Å²) in [4.78, 5) is 37.7. The van der Waals surface area contributed by atoms with E-state index in [9.17, 15) is 19.6 Å². The zero-order chi connectivity index (χ0) is 22.8. The molecule has 0 aromatic heterocycles. The number of amides is 3. The van der Waals surface area contributed by atoms with Crippen molar-refractivity contribution in [3.8, 4) is 6.07 Å². The van der Waals surface area contributed by atoms with Crippen molar-refractivity contribution in [1.29, 1.82) is 5.26 Å². The fraction of sp³-hybridized carbons (Fsp3) is 0.304. The maximum absolute atomic E-state index is 12.2. The van der Waals surface area contributed by atoms with Gasteiger partial charge in [0.25, 0.3) is 0 Å². The highest BCUT2D eigenvalue weighted by Crippen LogP contribution is 2.32. The number of piperidine rings is 1. The SMILES string of the molecule is Cc1ccc(NC(=O)OC2CN(c3ccc(C4CCC(=O)NC4=O)c(C#N)c3)C2)cc1Cl. The largest absolute Gasteiger partial charge is 0.442 e. The van der Waals surface area contributed by atoms with Gasteiger partial charge in [-0.05, 0) is 48.7 Å². The molecule has 0 bridgehead atoms. The Balaban J connectivity index is 1.34. The molecule has 2 aliphatic rings. The fourth-order valence-electron chi connectivity index (χ4n) is 3.82. The summed E-state index contributed by atoms with van der Waals surface area (Å²) in [5.41, 5.74) is 3.30. The van der Waals surface area contributed by atoms with Crippen LogP contribution in [0.4, 0.5) is 16.2 Å². The third kappa shape index (κ3) is 4.53. The molecule has 164 valence electrons. The van der Waals surface area contributed by atoms with Crippen LogP contribution in [0.1, 0.15) is 35.4 Å². The molecular formula is C23H21ClN4O4. The fourth-order valence-corrected chi connectivity index (χ4v) is 4.01. The number of hydrogen-bond donors (Lipinski definition) is 2. The average molecular weight is 453 g/mol. The van der Waals surface area contributed by atoms with Gasteiger partial charge in [-0.15, -0.1) is 0 Å². The predicted octanol–water partition coefficient (Wildman–Crippen LogP) is 3.48. The van der Waals surface area contributed by atoms with Gasteiger partial charge in [-0.1, -0.05) is 23.7 Å². The molecule has 32 heavy (non-hydrogen) atoms. The van der Waals surface area contributed by atoms with Gasteiger partial charge in [0.05, 0.1) is 30.6 Å². The molecule has 0 aliphatic carbocycles. The van der Waals surface area contributed by atoms with Crippen LogP contribution in [0.15, 0.2) is 36.4 Å². The van der Waals surface area contributed by atoms with E-state index in [1.807, 2.05) is 24.0 Å². The number of nitriles is 1. The number of nitrogens with zero attached hydrogens (tertiary/aromatic N) is 2. The minimum atomic E-state index is -0.555. The van der Waals surface area contributed by atoms with E-state index in [0.717, 1.165) is 11.3 Å². The second-order valence-corrected chi connectivity index (χ2v) is 8.32. The summed E-state index contributed by atoms with van der Waals surface area (Å²) >= 11 is 6.07. The summed E-state index contributed by atoms with van der Waals surface area (Å²) in [7, 11) is 0. The number of aryl methyl sites for hydroxylation is 1. The van der Waals surface area contributed by atoms with Crippen LogP contribution in [0.25, 0.3) is 0 Å². The van der Waals surface area contributed by atoms with Gasteiger partial charge in [-0.25, -0.2) is 4.79 Å². The molecule has 8 nitrogen and oxygen atoms in total. The normalized spacial score (nSPS) is 18.4. The monoisotopic (exact) mass is 452 g/mol. The third-order valence-electron chi connectivity index (χ3n) is 5.68. The second-order valence-electron chi connectivity index (χ2n) is 7.91. The second kappa shape index (κ2) is 8.89. The molecule has 0 spiro atoms. The summed E-state index contributed by atoms with van der Waals surface area (Å²) in [6, 6.07) is 12.7. The number of imide groups is 1. The first-order chi connectivity index (χ1) is 15.3. The van der Waals surface area contributed by atoms with Gasteiger partial charge >= 0.3 is 6.09 Å². The molecule has 4 rings (SSSR count). The molecule has 1 atom stereocenters. The van der Waals surface area contributed by atoms with Crippen LogP contribution in [0.2, 0.25) is 5.02 Å². The van der Waals surface area contributed by atoms with Crippen LogP contribution in [-0.4, -0.2) is 37.1 Å². The smallest absolute Gasteiger partial charge is 0.412 e. The lowest BCUT2D eigenvalue weighted by atomic mass is 9.87. The van der Waals surface area contributed by atoms with Crippen molar-refractivity contribution in [2.24, 2.45) is 0 Å². The van der Waals surface area contributed by atoms with Gasteiger partial charge in [-0.2, -0.15) is 5.26 Å². The van der Waals surface area contributed by atoms with Crippen molar-refractivity contribution in [3.05, 3.63) is 58.1 Å². The van der Waals surface area contributed by atoms with Crippen molar-refractivity contribution >= 4 is 40.9 Å². The van der Waals surface area contributed by atoms with Crippen LogP contribution in [0.5, 0.6) is 0 Å². The Morgan fingerprint density at radius 3 is 2.72 bits per heavy atom. The molecule has 9 heteroatoms. The van der Waals surface area contributed by atoms with Crippen molar-refractivity contribution in [2.45, 2.75) is 31.8 Å². The molecule has 0 radical (unpaired) electrons. The number of nitrogens with one attached hydrogen (secondary N) is 2. The Labute approximate surface area is 190 Å². The summed E-state index contributed by atoms with van der Waals surface area (Å²) in [5.74, 6) is -1.17. The van der Waals surface area contributed by atoms with Crippen LogP contribution in [0, 0.1) is 18.3 Å². The molecule has 2 heterocycles. The summed E-state index contributed by atoms with van der Waals surface area (Å²) in [5, 5.41) is 15.1. The molecule has 0 saturated carbocycles. The van der Waals surface area contributed by atoms with E-state index in [1.54, 1.807) is 24.3 Å². The number of ether oxygens (including phenoxy) is 1. The molecular weight excluding hydrogens is 432 g/mol. The summed E-state index contributed by atoms with van der Waals surface area (Å²) in [6.45, 7) is 2.86. The first-order valence-corrected chi connectivity index (χ1v) is 10.6. The number of carbonyl (C=O) groups is 3. The van der Waals surface area contributed by atoms with E-state index in [-0.39, 0.29) is 24.3 Å². The molecule has 1 unspecified atom stereocenters. The van der Waals surface area contributed by atoms with Crippen LogP contribution in [0.3, 0.4) is 0 Å². The standard InChI is InChI=1S/C23H21ClN4O4/c1-13-2-3-15(9-20(13)24)26-23(31)32-17-11-28(12-17)16-4-5-18(14(8-16)10-25)19-6-7-21(29)27-22(19)30/h2-5,8-9,17,19H,6-7,11-12H2,1H3,(H,26,31)(H,27,29,30). The molecule has 2 N–H and O–H groups in total. The van der Waals surface area contributed by atoms with E-state index >= 15 is 0 Å². The molecule has 2 saturated heterocycles. The molecule has 3 amide bonds. The lowest BCUT2D eigenvalue weighted by Crippen LogP contribution is -2.53. The Morgan fingerprint density at radius 1 is 1.25 bits per heavy atom. The van der Waals surface area contributed by atoms with Gasteiger partial charge in [0.1, 0.15) is 6.10 Å². The third-order valence-corrected chi connectivity index (χ3v) is 6.08. The number of hydrogen-bond acceptors (Lipinski definition) is 6. The highest BCUT2D eigenvalue weighted by atomic mass is 35.5. The lowest BCUT2D eigenvalue weighted by Gasteiger charge is -2.40. The van der Waals surface area contributed by atoms with Gasteiger partial charge in [0.15, 0.2) is 0 Å². The van der Waals surface area contributed by atoms with Gasteiger partial charge < -0.3 is 9.64 Å². The Morgan fingerprint density at radius 2 is 2.03 bits per heavy atom. The topological polar surface area (TPSA) is 112 Å². The van der Waals surface area contributed by atoms with E-state index in [0.29, 0.717) is 41.3 Å². The first-order valence-electron chi connectivity index (χ1n) is 10.2. The average Bonchev–Trinajstić information content (AvgIpc) is 2.73. The number of benzene rings is 2. The van der Waals surface area contributed by atoms with E-state index in [4.69, 9.17) is 16.3 Å². The Kier molecular flexibility index (Phi) is 6.01. The number of anilines is 2. The van der Waals surface area contributed by atoms with E-state index in [1.165, 1.54) is 0 Å². The van der Waals surface area contributed by atoms with Gasteiger partial charge in [-0.3, -0.25) is 20.2 Å². The molecule has 2 fully saturated rings. The molecule has 2 aromatic carbocycles. The minimum Gasteiger partial charge on any atom is -0.442 e. The summed E-state index contributed by atoms with van der Waals surface area (Å²) < 4.78 is 5.43. The number of carbonyl (C=O) groups excluding carboxylic acids is 3. The van der Waals surface area contributed by atoms with Crippen molar-refractivity contribution in [1.82, 2.24) is 5.32 Å². The number of halogens is 1. The molecule has 2 aromatic rings. The van der Waals surface area contributed by atoms with Gasteiger partial charge in [0.2, 0.25) is 11.8 Å². The van der Waals surface area contributed by atoms with Crippen molar-refractivity contribution < 1.29 is 19.1 Å². The minimum absolute atomic E-state index is 0.255. The van der Waals surface area contributed by atoms with Crippen LogP contribution < -0.4 is 15.5 Å². The highest BCUT2D eigenvalue weighted by molar-refractivity contribution is 6.31.